The molecule has 0 atom stereocenters. The minimum atomic E-state index is -0.647. The lowest BCUT2D eigenvalue weighted by atomic mass is 10.1. The molecule has 170 valence electrons. The van der Waals surface area contributed by atoms with Gasteiger partial charge in [0.15, 0.2) is 0 Å². The predicted octanol–water partition coefficient (Wildman–Crippen LogP) is 4.46. The number of hydrogen-bond acceptors (Lipinski definition) is 5. The van der Waals surface area contributed by atoms with E-state index in [1.807, 2.05) is 36.4 Å². The second-order valence-corrected chi connectivity index (χ2v) is 7.23. The Morgan fingerprint density at radius 3 is 2.24 bits per heavy atom. The fourth-order valence-electron chi connectivity index (χ4n) is 2.97. The molecule has 8 nitrogen and oxygen atoms in total. The van der Waals surface area contributed by atoms with Crippen LogP contribution in [0.15, 0.2) is 107 Å². The topological polar surface area (TPSA) is 114 Å². The third kappa shape index (κ3) is 7.10. The van der Waals surface area contributed by atoms with Crippen molar-refractivity contribution in [2.75, 3.05) is 0 Å². The van der Waals surface area contributed by atoms with Gasteiger partial charge in [0.05, 0.1) is 11.1 Å². The summed E-state index contributed by atoms with van der Waals surface area (Å²) >= 11 is 0. The summed E-state index contributed by atoms with van der Waals surface area (Å²) in [5.74, 6) is -1.09. The fraction of sp³-hybridized carbons (Fsp3) is 0.0385. The molecular weight excluding hydrogens is 432 g/mol. The van der Waals surface area contributed by atoms with E-state index in [4.69, 9.17) is 0 Å². The molecule has 3 aromatic carbocycles. The molecule has 0 aliphatic heterocycles. The van der Waals surface area contributed by atoms with Gasteiger partial charge in [0.1, 0.15) is 5.70 Å². The predicted molar refractivity (Wildman–Crippen MR) is 131 cm³/mol. The molecule has 3 rings (SSSR count). The average Bonchev–Trinajstić information content (AvgIpc) is 2.84. The van der Waals surface area contributed by atoms with Crippen LogP contribution >= 0.6 is 0 Å². The molecule has 34 heavy (non-hydrogen) atoms. The number of rotatable bonds is 8. The SMILES string of the molecule is CC(/C=C(\NC(=O)c1ccccc1)C(=O)N/N=C/c1cccc([N+](=O)[O-])c1)=C\c1ccccc1. The summed E-state index contributed by atoms with van der Waals surface area (Å²) in [6.45, 7) is 1.81. The van der Waals surface area contributed by atoms with Crippen LogP contribution in [0.1, 0.15) is 28.4 Å². The van der Waals surface area contributed by atoms with Gasteiger partial charge in [-0.2, -0.15) is 5.10 Å². The summed E-state index contributed by atoms with van der Waals surface area (Å²) in [7, 11) is 0. The standard InChI is InChI=1S/C26H22N4O4/c1-19(15-20-9-4-2-5-10-20)16-24(28-25(31)22-12-6-3-7-13-22)26(32)29-27-18-21-11-8-14-23(17-21)30(33)34/h2-18H,1H3,(H,28,31)(H,29,32)/b19-15+,24-16-,27-18+. The number of nitrogens with zero attached hydrogens (tertiary/aromatic N) is 2. The van der Waals surface area contributed by atoms with E-state index in [1.165, 1.54) is 24.4 Å². The quantitative estimate of drug-likeness (QED) is 0.172. The molecule has 0 aliphatic carbocycles. The number of nitro groups is 1. The number of benzene rings is 3. The zero-order chi connectivity index (χ0) is 24.3. The van der Waals surface area contributed by atoms with Gasteiger partial charge in [0, 0.05) is 23.3 Å². The van der Waals surface area contributed by atoms with Crippen LogP contribution in [0.5, 0.6) is 0 Å². The highest BCUT2D eigenvalue weighted by Crippen LogP contribution is 2.12. The van der Waals surface area contributed by atoms with E-state index >= 15 is 0 Å². The van der Waals surface area contributed by atoms with E-state index in [9.17, 15) is 19.7 Å². The van der Waals surface area contributed by atoms with Crippen molar-refractivity contribution in [3.8, 4) is 0 Å². The van der Waals surface area contributed by atoms with Gasteiger partial charge in [-0.25, -0.2) is 5.43 Å². The Labute approximate surface area is 196 Å². The highest BCUT2D eigenvalue weighted by Gasteiger charge is 2.14. The molecular formula is C26H22N4O4. The second-order valence-electron chi connectivity index (χ2n) is 7.23. The minimum absolute atomic E-state index is 0.00488. The first kappa shape index (κ1) is 23.8. The van der Waals surface area contributed by atoms with Crippen LogP contribution in [-0.4, -0.2) is 23.0 Å². The van der Waals surface area contributed by atoms with Crippen LogP contribution in [0, 0.1) is 10.1 Å². The molecule has 0 saturated heterocycles. The van der Waals surface area contributed by atoms with E-state index < -0.39 is 16.7 Å². The largest absolute Gasteiger partial charge is 0.317 e. The minimum Gasteiger partial charge on any atom is -0.317 e. The Morgan fingerprint density at radius 1 is 0.912 bits per heavy atom. The number of hydrogen-bond donors (Lipinski definition) is 2. The average molecular weight is 454 g/mol. The summed E-state index contributed by atoms with van der Waals surface area (Å²) in [6, 6.07) is 23.9. The monoisotopic (exact) mass is 454 g/mol. The van der Waals surface area contributed by atoms with Gasteiger partial charge >= 0.3 is 0 Å². The number of nitrogens with one attached hydrogen (secondary N) is 2. The maximum absolute atomic E-state index is 12.8. The van der Waals surface area contributed by atoms with Gasteiger partial charge in [-0.1, -0.05) is 66.7 Å². The van der Waals surface area contributed by atoms with E-state index in [0.29, 0.717) is 11.1 Å². The number of nitro benzene ring substituents is 1. The van der Waals surface area contributed by atoms with E-state index in [0.717, 1.165) is 11.1 Å². The molecule has 3 aromatic rings. The number of amides is 2. The lowest BCUT2D eigenvalue weighted by molar-refractivity contribution is -0.384. The van der Waals surface area contributed by atoms with Gasteiger partial charge in [-0.05, 0) is 36.3 Å². The maximum atomic E-state index is 12.8. The molecule has 2 N–H and O–H groups in total. The van der Waals surface area contributed by atoms with Crippen LogP contribution in [0.2, 0.25) is 0 Å². The Morgan fingerprint density at radius 2 is 1.56 bits per heavy atom. The molecule has 0 spiro atoms. The summed E-state index contributed by atoms with van der Waals surface area (Å²) < 4.78 is 0. The van der Waals surface area contributed by atoms with Gasteiger partial charge in [-0.3, -0.25) is 19.7 Å². The zero-order valence-electron chi connectivity index (χ0n) is 18.3. The third-order valence-corrected chi connectivity index (χ3v) is 4.56. The Kier molecular flexibility index (Phi) is 8.18. The van der Waals surface area contributed by atoms with Gasteiger partial charge in [0.25, 0.3) is 17.5 Å². The van der Waals surface area contributed by atoms with Crippen molar-refractivity contribution in [1.82, 2.24) is 10.7 Å². The second kappa shape index (κ2) is 11.7. The molecule has 0 unspecified atom stereocenters. The zero-order valence-corrected chi connectivity index (χ0v) is 18.3. The summed E-state index contributed by atoms with van der Waals surface area (Å²) in [6.07, 6.45) is 4.70. The molecule has 0 bridgehead atoms. The maximum Gasteiger partial charge on any atom is 0.287 e. The smallest absolute Gasteiger partial charge is 0.287 e. The third-order valence-electron chi connectivity index (χ3n) is 4.56. The van der Waals surface area contributed by atoms with Crippen LogP contribution in [-0.2, 0) is 4.79 Å². The molecule has 0 heterocycles. The Balaban J connectivity index is 1.81. The highest BCUT2D eigenvalue weighted by atomic mass is 16.6. The van der Waals surface area contributed by atoms with Crippen LogP contribution < -0.4 is 10.7 Å². The molecule has 0 fully saturated rings. The first-order chi connectivity index (χ1) is 16.4. The first-order valence-electron chi connectivity index (χ1n) is 10.3. The van der Waals surface area contributed by atoms with Crippen molar-refractivity contribution in [2.45, 2.75) is 6.92 Å². The van der Waals surface area contributed by atoms with Crippen molar-refractivity contribution in [2.24, 2.45) is 5.10 Å². The van der Waals surface area contributed by atoms with E-state index in [-0.39, 0.29) is 11.4 Å². The highest BCUT2D eigenvalue weighted by molar-refractivity contribution is 6.03. The van der Waals surface area contributed by atoms with Crippen LogP contribution in [0.3, 0.4) is 0 Å². The van der Waals surface area contributed by atoms with Crippen molar-refractivity contribution >= 4 is 29.8 Å². The fourth-order valence-corrected chi connectivity index (χ4v) is 2.97. The number of carbonyl (C=O) groups excluding carboxylic acids is 2. The van der Waals surface area contributed by atoms with Crippen molar-refractivity contribution < 1.29 is 14.5 Å². The number of non-ortho nitro benzene ring substituents is 1. The molecule has 0 saturated carbocycles. The van der Waals surface area contributed by atoms with E-state index in [2.05, 4.69) is 15.8 Å². The van der Waals surface area contributed by atoms with Crippen molar-refractivity contribution in [3.63, 3.8) is 0 Å². The normalized spacial score (nSPS) is 11.8. The van der Waals surface area contributed by atoms with Gasteiger partial charge < -0.3 is 5.32 Å². The van der Waals surface area contributed by atoms with E-state index in [1.54, 1.807) is 49.4 Å². The lowest BCUT2D eigenvalue weighted by Gasteiger charge is -2.09. The molecule has 8 heteroatoms. The summed E-state index contributed by atoms with van der Waals surface area (Å²) in [4.78, 5) is 35.9. The summed E-state index contributed by atoms with van der Waals surface area (Å²) in [5, 5.41) is 17.4. The number of hydrazone groups is 1. The number of carbonyl (C=O) groups is 2. The molecule has 0 aliphatic rings. The molecule has 0 aromatic heterocycles. The molecule has 2 amide bonds. The van der Waals surface area contributed by atoms with Crippen molar-refractivity contribution in [3.05, 3.63) is 129 Å². The summed E-state index contributed by atoms with van der Waals surface area (Å²) in [5.41, 5.74) is 4.76. The number of allylic oxidation sites excluding steroid dienone is 2. The molecule has 0 radical (unpaired) electrons. The van der Waals surface area contributed by atoms with Crippen LogP contribution in [0.4, 0.5) is 5.69 Å². The lowest BCUT2D eigenvalue weighted by Crippen LogP contribution is -2.33. The van der Waals surface area contributed by atoms with Gasteiger partial charge in [0.2, 0.25) is 0 Å². The first-order valence-corrected chi connectivity index (χ1v) is 10.3. The Hall–Kier alpha value is -4.85. The van der Waals surface area contributed by atoms with Crippen molar-refractivity contribution in [1.29, 1.82) is 0 Å². The van der Waals surface area contributed by atoms with Gasteiger partial charge in [-0.15, -0.1) is 0 Å². The van der Waals surface area contributed by atoms with Crippen LogP contribution in [0.25, 0.3) is 6.08 Å². The Bertz CT molecular complexity index is 1270.